The van der Waals surface area contributed by atoms with E-state index in [1.807, 2.05) is 25.1 Å². The van der Waals surface area contributed by atoms with E-state index in [9.17, 15) is 4.39 Å². The molecule has 0 bridgehead atoms. The SMILES string of the molecule is Cc1ccc(F)c(C(Br)c2csc3c(Br)cccc23)c1. The van der Waals surface area contributed by atoms with Gasteiger partial charge >= 0.3 is 0 Å². The van der Waals surface area contributed by atoms with Gasteiger partial charge in [-0.1, -0.05) is 45.8 Å². The molecule has 102 valence electrons. The molecule has 0 nitrogen and oxygen atoms in total. The van der Waals surface area contributed by atoms with Gasteiger partial charge in [-0.25, -0.2) is 4.39 Å². The molecule has 2 aromatic carbocycles. The maximum absolute atomic E-state index is 14.1. The Balaban J connectivity index is 2.15. The first-order valence-electron chi connectivity index (χ1n) is 6.13. The van der Waals surface area contributed by atoms with Gasteiger partial charge in [0.25, 0.3) is 0 Å². The van der Waals surface area contributed by atoms with Gasteiger partial charge in [-0.15, -0.1) is 11.3 Å². The molecule has 0 fully saturated rings. The summed E-state index contributed by atoms with van der Waals surface area (Å²) in [6, 6.07) is 11.3. The van der Waals surface area contributed by atoms with Gasteiger partial charge in [0.05, 0.1) is 4.83 Å². The first-order chi connectivity index (χ1) is 9.58. The topological polar surface area (TPSA) is 0 Å². The highest BCUT2D eigenvalue weighted by Gasteiger charge is 2.19. The molecule has 3 aromatic rings. The van der Waals surface area contributed by atoms with E-state index < -0.39 is 0 Å². The van der Waals surface area contributed by atoms with Crippen LogP contribution in [0.2, 0.25) is 0 Å². The number of alkyl halides is 1. The second-order valence-corrected chi connectivity index (χ2v) is 7.34. The lowest BCUT2D eigenvalue weighted by molar-refractivity contribution is 0.613. The zero-order chi connectivity index (χ0) is 14.3. The maximum Gasteiger partial charge on any atom is 0.127 e. The lowest BCUT2D eigenvalue weighted by atomic mass is 10.0. The molecule has 1 atom stereocenters. The van der Waals surface area contributed by atoms with E-state index in [0.29, 0.717) is 5.56 Å². The highest BCUT2D eigenvalue weighted by molar-refractivity contribution is 9.10. The van der Waals surface area contributed by atoms with E-state index in [-0.39, 0.29) is 10.6 Å². The van der Waals surface area contributed by atoms with Crippen molar-refractivity contribution in [1.82, 2.24) is 0 Å². The van der Waals surface area contributed by atoms with Gasteiger partial charge in [-0.05, 0) is 51.3 Å². The summed E-state index contributed by atoms with van der Waals surface area (Å²) in [5.41, 5.74) is 2.85. The van der Waals surface area contributed by atoms with Crippen LogP contribution in [0.25, 0.3) is 10.1 Å². The third-order valence-electron chi connectivity index (χ3n) is 3.28. The highest BCUT2D eigenvalue weighted by atomic mass is 79.9. The molecule has 1 unspecified atom stereocenters. The van der Waals surface area contributed by atoms with E-state index >= 15 is 0 Å². The van der Waals surface area contributed by atoms with Gasteiger partial charge in [-0.3, -0.25) is 0 Å². The van der Waals surface area contributed by atoms with Crippen LogP contribution in [-0.2, 0) is 0 Å². The van der Waals surface area contributed by atoms with Crippen molar-refractivity contribution in [3.63, 3.8) is 0 Å². The van der Waals surface area contributed by atoms with Gasteiger partial charge in [-0.2, -0.15) is 0 Å². The van der Waals surface area contributed by atoms with Crippen molar-refractivity contribution in [1.29, 1.82) is 0 Å². The molecular formula is C16H11Br2FS. The van der Waals surface area contributed by atoms with E-state index in [0.717, 1.165) is 21.0 Å². The minimum Gasteiger partial charge on any atom is -0.207 e. The number of hydrogen-bond acceptors (Lipinski definition) is 1. The Bertz CT molecular complexity index is 779. The Morgan fingerprint density at radius 3 is 2.75 bits per heavy atom. The normalized spacial score (nSPS) is 12.8. The fraction of sp³-hybridized carbons (Fsp3) is 0.125. The molecule has 0 spiro atoms. The smallest absolute Gasteiger partial charge is 0.127 e. The summed E-state index contributed by atoms with van der Waals surface area (Å²) >= 11 is 8.89. The molecule has 3 rings (SSSR count). The predicted molar refractivity (Wildman–Crippen MR) is 91.4 cm³/mol. The fourth-order valence-corrected chi connectivity index (χ4v) is 4.82. The van der Waals surface area contributed by atoms with Crippen molar-refractivity contribution in [3.8, 4) is 0 Å². The van der Waals surface area contributed by atoms with E-state index in [2.05, 4.69) is 43.3 Å². The molecule has 1 heterocycles. The molecule has 0 saturated carbocycles. The zero-order valence-corrected chi connectivity index (χ0v) is 14.6. The minimum absolute atomic E-state index is 0.134. The quantitative estimate of drug-likeness (QED) is 0.415. The molecule has 0 aliphatic rings. The molecule has 1 aromatic heterocycles. The van der Waals surface area contributed by atoms with Crippen LogP contribution in [0, 0.1) is 12.7 Å². The molecule has 0 radical (unpaired) electrons. The number of benzene rings is 2. The highest BCUT2D eigenvalue weighted by Crippen LogP contribution is 2.41. The van der Waals surface area contributed by atoms with E-state index in [1.54, 1.807) is 17.4 Å². The third-order valence-corrected chi connectivity index (χ3v) is 6.24. The Kier molecular flexibility index (Phi) is 3.98. The lowest BCUT2D eigenvalue weighted by Gasteiger charge is -2.12. The summed E-state index contributed by atoms with van der Waals surface area (Å²) in [5.74, 6) is -0.174. The standard InChI is InChI=1S/C16H11Br2FS/c1-9-5-6-14(19)11(7-9)15(18)12-8-20-16-10(12)3-2-4-13(16)17/h2-8,15H,1H3. The minimum atomic E-state index is -0.174. The molecule has 4 heteroatoms. The summed E-state index contributed by atoms with van der Waals surface area (Å²) in [5, 5.41) is 3.25. The zero-order valence-electron chi connectivity index (χ0n) is 10.7. The van der Waals surface area contributed by atoms with Crippen LogP contribution >= 0.6 is 43.2 Å². The molecular weight excluding hydrogens is 403 g/mol. The van der Waals surface area contributed by atoms with Gasteiger partial charge in [0.2, 0.25) is 0 Å². The number of thiophene rings is 1. The van der Waals surface area contributed by atoms with Crippen LogP contribution < -0.4 is 0 Å². The average molecular weight is 414 g/mol. The lowest BCUT2D eigenvalue weighted by Crippen LogP contribution is -1.96. The number of aryl methyl sites for hydroxylation is 1. The first kappa shape index (κ1) is 14.2. The monoisotopic (exact) mass is 412 g/mol. The predicted octanol–water partition coefficient (Wildman–Crippen LogP) is 6.60. The Morgan fingerprint density at radius 2 is 1.95 bits per heavy atom. The van der Waals surface area contributed by atoms with E-state index in [1.165, 1.54) is 10.8 Å². The Morgan fingerprint density at radius 1 is 1.15 bits per heavy atom. The largest absolute Gasteiger partial charge is 0.207 e. The van der Waals surface area contributed by atoms with Crippen molar-refractivity contribution in [2.45, 2.75) is 11.8 Å². The summed E-state index contributed by atoms with van der Waals surface area (Å²) in [4.78, 5) is -0.134. The van der Waals surface area contributed by atoms with Crippen LogP contribution in [0.3, 0.4) is 0 Å². The molecule has 0 saturated heterocycles. The first-order valence-corrected chi connectivity index (χ1v) is 8.72. The van der Waals surface area contributed by atoms with Crippen molar-refractivity contribution in [2.75, 3.05) is 0 Å². The second-order valence-electron chi connectivity index (χ2n) is 4.70. The molecule has 0 aliphatic heterocycles. The fourth-order valence-electron chi connectivity index (χ4n) is 2.26. The molecule has 0 aliphatic carbocycles. The van der Waals surface area contributed by atoms with Crippen molar-refractivity contribution >= 4 is 53.3 Å². The Hall–Kier alpha value is -0.710. The van der Waals surface area contributed by atoms with Crippen LogP contribution in [0.15, 0.2) is 46.3 Å². The van der Waals surface area contributed by atoms with Crippen molar-refractivity contribution in [2.24, 2.45) is 0 Å². The van der Waals surface area contributed by atoms with Gasteiger partial charge in [0.15, 0.2) is 0 Å². The van der Waals surface area contributed by atoms with Crippen molar-refractivity contribution < 1.29 is 4.39 Å². The average Bonchev–Trinajstić information content (AvgIpc) is 2.86. The Labute approximate surface area is 137 Å². The number of rotatable bonds is 2. The van der Waals surface area contributed by atoms with Gasteiger partial charge in [0, 0.05) is 14.7 Å². The van der Waals surface area contributed by atoms with Crippen LogP contribution in [0.5, 0.6) is 0 Å². The van der Waals surface area contributed by atoms with Crippen LogP contribution in [-0.4, -0.2) is 0 Å². The van der Waals surface area contributed by atoms with Crippen LogP contribution in [0.1, 0.15) is 21.5 Å². The van der Waals surface area contributed by atoms with Crippen molar-refractivity contribution in [3.05, 3.63) is 68.8 Å². The number of hydrogen-bond donors (Lipinski definition) is 0. The number of halogens is 3. The number of fused-ring (bicyclic) bond motifs is 1. The summed E-state index contributed by atoms with van der Waals surface area (Å²) in [6.45, 7) is 1.98. The van der Waals surface area contributed by atoms with Crippen LogP contribution in [0.4, 0.5) is 4.39 Å². The van der Waals surface area contributed by atoms with Gasteiger partial charge in [0.1, 0.15) is 5.82 Å². The second kappa shape index (κ2) is 5.58. The summed E-state index contributed by atoms with van der Waals surface area (Å²) in [6.07, 6.45) is 0. The van der Waals surface area contributed by atoms with Gasteiger partial charge < -0.3 is 0 Å². The summed E-state index contributed by atoms with van der Waals surface area (Å²) < 4.78 is 16.3. The summed E-state index contributed by atoms with van der Waals surface area (Å²) in [7, 11) is 0. The third kappa shape index (κ3) is 2.45. The molecule has 20 heavy (non-hydrogen) atoms. The molecule has 0 amide bonds. The van der Waals surface area contributed by atoms with E-state index in [4.69, 9.17) is 0 Å². The molecule has 0 N–H and O–H groups in total. The maximum atomic E-state index is 14.1.